The van der Waals surface area contributed by atoms with E-state index in [-0.39, 0.29) is 21.5 Å². The van der Waals surface area contributed by atoms with E-state index in [0.29, 0.717) is 14.5 Å². The number of aryl methyl sites for hydroxylation is 2. The standard InChI is InChI=1S/C26H27Br2N3O6S2/c1-16(2)24(31-38(33,34)20-9-5-17(3)6-10-20)26(32)30-29-15-19-13-22(27)25(23(28)14-19)37-39(35,36)21-11-7-18(4)8-12-21/h5-16,24,31H,1-4H3,(H,30,32)/b29-15-/t24-/m1/s1. The Kier molecular flexibility index (Phi) is 10.1. The molecule has 9 nitrogen and oxygen atoms in total. The van der Waals surface area contributed by atoms with E-state index >= 15 is 0 Å². The van der Waals surface area contributed by atoms with E-state index in [1.165, 1.54) is 30.5 Å². The largest absolute Gasteiger partial charge is 0.377 e. The molecule has 2 N–H and O–H groups in total. The van der Waals surface area contributed by atoms with Gasteiger partial charge in [0.05, 0.1) is 20.1 Å². The van der Waals surface area contributed by atoms with Gasteiger partial charge in [0.25, 0.3) is 5.91 Å². The molecule has 0 spiro atoms. The fourth-order valence-corrected chi connectivity index (χ4v) is 7.19. The number of nitrogens with zero attached hydrogens (tertiary/aromatic N) is 1. The van der Waals surface area contributed by atoms with Crippen LogP contribution >= 0.6 is 31.9 Å². The van der Waals surface area contributed by atoms with E-state index in [4.69, 9.17) is 4.18 Å². The second-order valence-electron chi connectivity index (χ2n) is 9.05. The number of nitrogens with one attached hydrogen (secondary N) is 2. The molecule has 0 aromatic heterocycles. The quantitative estimate of drug-likeness (QED) is 0.173. The molecule has 0 heterocycles. The molecule has 0 saturated heterocycles. The minimum Gasteiger partial charge on any atom is -0.377 e. The summed E-state index contributed by atoms with van der Waals surface area (Å²) in [5, 5.41) is 3.94. The summed E-state index contributed by atoms with van der Waals surface area (Å²) in [5.41, 5.74) is 4.68. The first kappa shape index (κ1) is 31.0. The molecule has 39 heavy (non-hydrogen) atoms. The predicted octanol–water partition coefficient (Wildman–Crippen LogP) is 5.05. The van der Waals surface area contributed by atoms with Gasteiger partial charge in [-0.25, -0.2) is 13.8 Å². The average molecular weight is 701 g/mol. The van der Waals surface area contributed by atoms with Gasteiger partial charge in [-0.3, -0.25) is 4.79 Å². The fraction of sp³-hybridized carbons (Fsp3) is 0.231. The molecule has 0 aliphatic heterocycles. The fourth-order valence-electron chi connectivity index (χ4n) is 3.28. The van der Waals surface area contributed by atoms with Crippen LogP contribution in [0, 0.1) is 19.8 Å². The van der Waals surface area contributed by atoms with E-state index < -0.39 is 32.1 Å². The Labute approximate surface area is 245 Å². The lowest BCUT2D eigenvalue weighted by molar-refractivity contribution is -0.123. The highest BCUT2D eigenvalue weighted by molar-refractivity contribution is 9.11. The van der Waals surface area contributed by atoms with Crippen molar-refractivity contribution in [2.45, 2.75) is 43.5 Å². The summed E-state index contributed by atoms with van der Waals surface area (Å²) in [6.07, 6.45) is 1.33. The normalized spacial score (nSPS) is 13.0. The van der Waals surface area contributed by atoms with Crippen LogP contribution in [-0.4, -0.2) is 35.0 Å². The number of benzene rings is 3. The minimum absolute atomic E-state index is 0.0120. The van der Waals surface area contributed by atoms with Crippen LogP contribution in [0.5, 0.6) is 5.75 Å². The maximum Gasteiger partial charge on any atom is 0.339 e. The van der Waals surface area contributed by atoms with E-state index in [2.05, 4.69) is 47.1 Å². The van der Waals surface area contributed by atoms with Crippen molar-refractivity contribution in [3.63, 3.8) is 0 Å². The SMILES string of the molecule is Cc1ccc(S(=O)(=O)N[C@@H](C(=O)N/N=C\c2cc(Br)c(OS(=O)(=O)c3ccc(C)cc3)c(Br)c2)C(C)C)cc1. The molecule has 0 saturated carbocycles. The topological polar surface area (TPSA) is 131 Å². The van der Waals surface area contributed by atoms with Crippen LogP contribution in [-0.2, 0) is 24.9 Å². The van der Waals surface area contributed by atoms with Crippen molar-refractivity contribution < 1.29 is 25.8 Å². The van der Waals surface area contributed by atoms with Crippen LogP contribution in [0.15, 0.2) is 84.5 Å². The molecule has 3 rings (SSSR count). The summed E-state index contributed by atoms with van der Waals surface area (Å²) in [4.78, 5) is 12.8. The zero-order chi connectivity index (χ0) is 29.0. The van der Waals surface area contributed by atoms with Gasteiger partial charge in [0.1, 0.15) is 10.9 Å². The van der Waals surface area contributed by atoms with Crippen LogP contribution in [0.2, 0.25) is 0 Å². The minimum atomic E-state index is -4.08. The molecule has 3 aromatic rings. The lowest BCUT2D eigenvalue weighted by Gasteiger charge is -2.20. The lowest BCUT2D eigenvalue weighted by Crippen LogP contribution is -2.48. The molecular weight excluding hydrogens is 674 g/mol. The van der Waals surface area contributed by atoms with Gasteiger partial charge in [0.15, 0.2) is 5.75 Å². The van der Waals surface area contributed by atoms with Crippen LogP contribution in [0.3, 0.4) is 0 Å². The highest BCUT2D eigenvalue weighted by Crippen LogP contribution is 2.36. The maximum atomic E-state index is 12.8. The third kappa shape index (κ3) is 8.21. The monoisotopic (exact) mass is 699 g/mol. The second-order valence-corrected chi connectivity index (χ2v) is 14.0. The third-order valence-electron chi connectivity index (χ3n) is 5.47. The van der Waals surface area contributed by atoms with Crippen molar-refractivity contribution in [2.24, 2.45) is 11.0 Å². The first-order chi connectivity index (χ1) is 18.2. The predicted molar refractivity (Wildman–Crippen MR) is 157 cm³/mol. The lowest BCUT2D eigenvalue weighted by atomic mass is 10.1. The Morgan fingerprint density at radius 3 is 1.85 bits per heavy atom. The number of rotatable bonds is 10. The van der Waals surface area contributed by atoms with Crippen LogP contribution in [0.25, 0.3) is 0 Å². The van der Waals surface area contributed by atoms with Crippen molar-refractivity contribution in [3.05, 3.63) is 86.3 Å². The molecule has 208 valence electrons. The van der Waals surface area contributed by atoms with Crippen molar-refractivity contribution in [2.75, 3.05) is 0 Å². The summed E-state index contributed by atoms with van der Waals surface area (Å²) in [7, 11) is -8.01. The number of carbonyl (C=O) groups excluding carboxylic acids is 1. The van der Waals surface area contributed by atoms with Gasteiger partial charge in [-0.1, -0.05) is 49.2 Å². The maximum absolute atomic E-state index is 12.8. The number of halogens is 2. The van der Waals surface area contributed by atoms with Crippen molar-refractivity contribution in [3.8, 4) is 5.75 Å². The first-order valence-electron chi connectivity index (χ1n) is 11.6. The smallest absolute Gasteiger partial charge is 0.339 e. The van der Waals surface area contributed by atoms with Gasteiger partial charge in [-0.2, -0.15) is 18.2 Å². The van der Waals surface area contributed by atoms with E-state index in [1.54, 1.807) is 50.2 Å². The van der Waals surface area contributed by atoms with Gasteiger partial charge in [-0.15, -0.1) is 0 Å². The Bertz CT molecular complexity index is 1570. The summed E-state index contributed by atoms with van der Waals surface area (Å²) in [6.45, 7) is 7.11. The molecule has 0 bridgehead atoms. The Morgan fingerprint density at radius 2 is 1.36 bits per heavy atom. The second kappa shape index (κ2) is 12.7. The van der Waals surface area contributed by atoms with Crippen LogP contribution in [0.1, 0.15) is 30.5 Å². The zero-order valence-corrected chi connectivity index (χ0v) is 26.3. The Balaban J connectivity index is 1.72. The number of hydrogen-bond acceptors (Lipinski definition) is 7. The molecule has 1 amide bonds. The summed E-state index contributed by atoms with van der Waals surface area (Å²) >= 11 is 6.62. The van der Waals surface area contributed by atoms with E-state index in [1.807, 2.05) is 13.8 Å². The molecule has 0 aliphatic carbocycles. The molecule has 0 unspecified atom stereocenters. The van der Waals surface area contributed by atoms with Gasteiger partial charge >= 0.3 is 10.1 Å². The Hall–Kier alpha value is -2.58. The van der Waals surface area contributed by atoms with Crippen molar-refractivity contribution in [1.29, 1.82) is 0 Å². The molecule has 3 aromatic carbocycles. The summed E-state index contributed by atoms with van der Waals surface area (Å²) < 4.78 is 59.3. The summed E-state index contributed by atoms with van der Waals surface area (Å²) in [5.74, 6) is -0.961. The summed E-state index contributed by atoms with van der Waals surface area (Å²) in [6, 6.07) is 14.6. The molecular formula is C26H27Br2N3O6S2. The van der Waals surface area contributed by atoms with Crippen molar-refractivity contribution in [1.82, 2.24) is 10.1 Å². The van der Waals surface area contributed by atoms with Crippen LogP contribution < -0.4 is 14.3 Å². The molecule has 0 radical (unpaired) electrons. The molecule has 0 fully saturated rings. The Morgan fingerprint density at radius 1 is 0.872 bits per heavy atom. The van der Waals surface area contributed by atoms with Crippen molar-refractivity contribution >= 4 is 64.1 Å². The highest BCUT2D eigenvalue weighted by Gasteiger charge is 2.28. The number of carbonyl (C=O) groups is 1. The number of amides is 1. The van der Waals surface area contributed by atoms with Gasteiger partial charge in [0, 0.05) is 0 Å². The van der Waals surface area contributed by atoms with Gasteiger partial charge in [-0.05, 0) is 93.6 Å². The number of hydrogen-bond donors (Lipinski definition) is 2. The average Bonchev–Trinajstić information content (AvgIpc) is 2.85. The third-order valence-corrected chi connectivity index (χ3v) is 9.34. The number of hydrazone groups is 1. The molecule has 1 atom stereocenters. The zero-order valence-electron chi connectivity index (χ0n) is 21.5. The number of sulfonamides is 1. The highest BCUT2D eigenvalue weighted by atomic mass is 79.9. The molecule has 0 aliphatic rings. The van der Waals surface area contributed by atoms with Gasteiger partial charge < -0.3 is 4.18 Å². The first-order valence-corrected chi connectivity index (χ1v) is 16.1. The van der Waals surface area contributed by atoms with Crippen LogP contribution in [0.4, 0.5) is 0 Å². The molecule has 13 heteroatoms. The van der Waals surface area contributed by atoms with Gasteiger partial charge in [0.2, 0.25) is 10.0 Å². The van der Waals surface area contributed by atoms with E-state index in [9.17, 15) is 21.6 Å². The van der Waals surface area contributed by atoms with E-state index in [0.717, 1.165) is 11.1 Å².